The zero-order valence-corrected chi connectivity index (χ0v) is 17.8. The highest BCUT2D eigenvalue weighted by atomic mass is 16.4. The molecule has 3 aromatic rings. The fourth-order valence-corrected chi connectivity index (χ4v) is 4.07. The molecule has 1 unspecified atom stereocenters. The number of nitrogens with zero attached hydrogens (tertiary/aromatic N) is 6. The van der Waals surface area contributed by atoms with Gasteiger partial charge in [0.25, 0.3) is 0 Å². The van der Waals surface area contributed by atoms with E-state index >= 15 is 0 Å². The van der Waals surface area contributed by atoms with E-state index in [2.05, 4.69) is 34.3 Å². The second kappa shape index (κ2) is 8.24. The lowest BCUT2D eigenvalue weighted by atomic mass is 9.97. The lowest BCUT2D eigenvalue weighted by Gasteiger charge is -2.41. The molecule has 0 saturated carbocycles. The van der Waals surface area contributed by atoms with E-state index in [0.29, 0.717) is 13.1 Å². The SMILES string of the molecule is CCc1cc(C(C#N)N2CC(NC(=O)O)C2)ccc1N(C)c1cc2c(cn1)ncn2C. The second-order valence-electron chi connectivity index (χ2n) is 7.82. The summed E-state index contributed by atoms with van der Waals surface area (Å²) in [4.78, 5) is 23.7. The number of anilines is 2. The molecule has 1 fully saturated rings. The molecule has 0 spiro atoms. The average molecular weight is 419 g/mol. The van der Waals surface area contributed by atoms with Gasteiger partial charge in [-0.1, -0.05) is 19.1 Å². The summed E-state index contributed by atoms with van der Waals surface area (Å²) in [5.41, 5.74) is 4.94. The van der Waals surface area contributed by atoms with Gasteiger partial charge in [-0.3, -0.25) is 4.90 Å². The lowest BCUT2D eigenvalue weighted by molar-refractivity contribution is 0.0956. The Kier molecular flexibility index (Phi) is 5.48. The molecule has 9 heteroatoms. The van der Waals surface area contributed by atoms with E-state index in [1.807, 2.05) is 46.7 Å². The van der Waals surface area contributed by atoms with E-state index in [1.165, 1.54) is 0 Å². The average Bonchev–Trinajstić information content (AvgIpc) is 3.11. The highest BCUT2D eigenvalue weighted by Gasteiger charge is 2.34. The number of carboxylic acid groups (broad SMARTS) is 1. The summed E-state index contributed by atoms with van der Waals surface area (Å²) in [7, 11) is 3.94. The van der Waals surface area contributed by atoms with Gasteiger partial charge in [0.15, 0.2) is 0 Å². The van der Waals surface area contributed by atoms with Crippen LogP contribution in [-0.4, -0.2) is 56.8 Å². The molecule has 1 aromatic carbocycles. The minimum Gasteiger partial charge on any atom is -0.465 e. The number of imidazole rings is 1. The summed E-state index contributed by atoms with van der Waals surface area (Å²) < 4.78 is 1.97. The van der Waals surface area contributed by atoms with Gasteiger partial charge in [0.2, 0.25) is 0 Å². The van der Waals surface area contributed by atoms with Crippen LogP contribution in [0.4, 0.5) is 16.3 Å². The smallest absolute Gasteiger partial charge is 0.404 e. The molecule has 9 nitrogen and oxygen atoms in total. The van der Waals surface area contributed by atoms with Gasteiger partial charge in [-0.05, 0) is 23.6 Å². The largest absolute Gasteiger partial charge is 0.465 e. The second-order valence-corrected chi connectivity index (χ2v) is 7.82. The van der Waals surface area contributed by atoms with E-state index in [9.17, 15) is 10.1 Å². The predicted molar refractivity (Wildman–Crippen MR) is 117 cm³/mol. The van der Waals surface area contributed by atoms with Gasteiger partial charge < -0.3 is 19.9 Å². The number of aromatic nitrogens is 3. The number of likely N-dealkylation sites (tertiary alicyclic amines) is 1. The van der Waals surface area contributed by atoms with Crippen LogP contribution in [-0.2, 0) is 13.5 Å². The van der Waals surface area contributed by atoms with Gasteiger partial charge in [0.05, 0.1) is 30.2 Å². The first-order valence-electron chi connectivity index (χ1n) is 10.2. The Labute approximate surface area is 180 Å². The van der Waals surface area contributed by atoms with Crippen LogP contribution in [0.3, 0.4) is 0 Å². The Morgan fingerprint density at radius 2 is 2.16 bits per heavy atom. The Morgan fingerprint density at radius 3 is 2.84 bits per heavy atom. The van der Waals surface area contributed by atoms with Crippen molar-refractivity contribution in [2.45, 2.75) is 25.4 Å². The minimum absolute atomic E-state index is 0.127. The van der Waals surface area contributed by atoms with E-state index in [4.69, 9.17) is 5.11 Å². The molecule has 160 valence electrons. The monoisotopic (exact) mass is 419 g/mol. The number of hydrogen-bond donors (Lipinski definition) is 2. The van der Waals surface area contributed by atoms with Crippen LogP contribution in [0.2, 0.25) is 0 Å². The Bertz CT molecular complexity index is 1160. The third-order valence-electron chi connectivity index (χ3n) is 5.83. The van der Waals surface area contributed by atoms with Crippen LogP contribution < -0.4 is 10.2 Å². The molecular weight excluding hydrogens is 394 g/mol. The molecule has 4 rings (SSSR count). The molecule has 1 saturated heterocycles. The molecule has 31 heavy (non-hydrogen) atoms. The van der Waals surface area contributed by atoms with Crippen LogP contribution in [0.1, 0.15) is 24.1 Å². The first-order chi connectivity index (χ1) is 14.9. The van der Waals surface area contributed by atoms with Gasteiger partial charge in [0, 0.05) is 38.9 Å². The molecule has 0 bridgehead atoms. The number of nitrogens with one attached hydrogen (secondary N) is 1. The number of nitriles is 1. The first kappa shape index (κ1) is 20.6. The number of hydrogen-bond acceptors (Lipinski definition) is 6. The molecule has 1 aliphatic heterocycles. The quantitative estimate of drug-likeness (QED) is 0.632. The Morgan fingerprint density at radius 1 is 1.39 bits per heavy atom. The maximum Gasteiger partial charge on any atom is 0.404 e. The van der Waals surface area contributed by atoms with E-state index in [-0.39, 0.29) is 6.04 Å². The predicted octanol–water partition coefficient (Wildman–Crippen LogP) is 2.82. The third kappa shape index (κ3) is 3.90. The van der Waals surface area contributed by atoms with Crippen molar-refractivity contribution in [2.75, 3.05) is 25.0 Å². The van der Waals surface area contributed by atoms with E-state index < -0.39 is 12.1 Å². The standard InChI is InChI=1S/C22H25N7O2/c1-4-14-7-15(20(9-23)29-11-16(12-29)26-22(30)31)5-6-18(14)28(3)21-8-19-17(10-24-21)25-13-27(19)2/h5-8,10,13,16,20,26H,4,11-12H2,1-3H3,(H,30,31). The highest BCUT2D eigenvalue weighted by molar-refractivity contribution is 5.79. The minimum atomic E-state index is -1.03. The molecule has 1 amide bonds. The number of aryl methyl sites for hydroxylation is 2. The fraction of sp³-hybridized carbons (Fsp3) is 0.364. The summed E-state index contributed by atoms with van der Waals surface area (Å²) >= 11 is 0. The summed E-state index contributed by atoms with van der Waals surface area (Å²) in [6, 6.07) is 9.92. The van der Waals surface area contributed by atoms with Crippen molar-refractivity contribution in [2.24, 2.45) is 7.05 Å². The lowest BCUT2D eigenvalue weighted by Crippen LogP contribution is -2.59. The van der Waals surface area contributed by atoms with Crippen molar-refractivity contribution in [3.05, 3.63) is 47.9 Å². The Hall–Kier alpha value is -3.64. The highest BCUT2D eigenvalue weighted by Crippen LogP contribution is 2.32. The van der Waals surface area contributed by atoms with Crippen LogP contribution in [0, 0.1) is 11.3 Å². The van der Waals surface area contributed by atoms with Crippen LogP contribution in [0.5, 0.6) is 0 Å². The number of carbonyl (C=O) groups is 1. The maximum atomic E-state index is 10.8. The molecular formula is C22H25N7O2. The van der Waals surface area contributed by atoms with E-state index in [0.717, 1.165) is 40.1 Å². The van der Waals surface area contributed by atoms with Crippen molar-refractivity contribution in [1.29, 1.82) is 5.26 Å². The number of fused-ring (bicyclic) bond motifs is 1. The Balaban J connectivity index is 1.58. The molecule has 3 heterocycles. The van der Waals surface area contributed by atoms with Crippen molar-refractivity contribution < 1.29 is 9.90 Å². The molecule has 0 aliphatic carbocycles. The molecule has 2 N–H and O–H groups in total. The normalized spacial score (nSPS) is 15.3. The number of amides is 1. The molecule has 1 aliphatic rings. The number of rotatable bonds is 6. The molecule has 2 aromatic heterocycles. The van der Waals surface area contributed by atoms with Gasteiger partial charge in [-0.2, -0.15) is 5.26 Å². The van der Waals surface area contributed by atoms with Crippen molar-refractivity contribution in [3.63, 3.8) is 0 Å². The molecule has 0 radical (unpaired) electrons. The number of benzene rings is 1. The maximum absolute atomic E-state index is 10.8. The topological polar surface area (TPSA) is 110 Å². The summed E-state index contributed by atoms with van der Waals surface area (Å²) in [6.07, 6.45) is 3.33. The van der Waals surface area contributed by atoms with Crippen LogP contribution in [0.25, 0.3) is 11.0 Å². The first-order valence-corrected chi connectivity index (χ1v) is 10.2. The number of pyridine rings is 1. The van der Waals surface area contributed by atoms with Crippen molar-refractivity contribution in [3.8, 4) is 6.07 Å². The van der Waals surface area contributed by atoms with Crippen molar-refractivity contribution in [1.82, 2.24) is 24.8 Å². The van der Waals surface area contributed by atoms with Gasteiger partial charge in [0.1, 0.15) is 17.4 Å². The third-order valence-corrected chi connectivity index (χ3v) is 5.83. The molecule has 1 atom stereocenters. The summed E-state index contributed by atoms with van der Waals surface area (Å²) in [5.74, 6) is 0.820. The van der Waals surface area contributed by atoms with E-state index in [1.54, 1.807) is 12.5 Å². The van der Waals surface area contributed by atoms with Gasteiger partial charge in [-0.15, -0.1) is 0 Å². The summed E-state index contributed by atoms with van der Waals surface area (Å²) in [5, 5.41) is 21.1. The van der Waals surface area contributed by atoms with Crippen LogP contribution >= 0.6 is 0 Å². The van der Waals surface area contributed by atoms with Gasteiger partial charge in [-0.25, -0.2) is 14.8 Å². The zero-order valence-electron chi connectivity index (χ0n) is 17.8. The van der Waals surface area contributed by atoms with Gasteiger partial charge >= 0.3 is 6.09 Å². The van der Waals surface area contributed by atoms with Crippen LogP contribution in [0.15, 0.2) is 36.8 Å². The fourth-order valence-electron chi connectivity index (χ4n) is 4.07. The van der Waals surface area contributed by atoms with Crippen molar-refractivity contribution >= 4 is 28.6 Å². The zero-order chi connectivity index (χ0) is 22.1. The summed E-state index contributed by atoms with van der Waals surface area (Å²) in [6.45, 7) is 3.15.